The number of benzene rings is 2. The van der Waals surface area contributed by atoms with Gasteiger partial charge in [0.05, 0.1) is 34.4 Å². The summed E-state index contributed by atoms with van der Waals surface area (Å²) in [5, 5.41) is 10.9. The van der Waals surface area contributed by atoms with Crippen molar-refractivity contribution in [1.82, 2.24) is 9.97 Å². The molecule has 7 heteroatoms. The van der Waals surface area contributed by atoms with Gasteiger partial charge in [-0.15, -0.1) is 0 Å². The van der Waals surface area contributed by atoms with E-state index in [9.17, 15) is 14.7 Å². The van der Waals surface area contributed by atoms with E-state index in [1.807, 2.05) is 20.8 Å². The Kier molecular flexibility index (Phi) is 6.94. The zero-order chi connectivity index (χ0) is 23.5. The largest absolute Gasteiger partial charge is 0.507 e. The van der Waals surface area contributed by atoms with Gasteiger partial charge in [-0.25, -0.2) is 0 Å². The number of carbonyl (C=O) groups is 2. The van der Waals surface area contributed by atoms with Crippen LogP contribution in [0.15, 0.2) is 42.7 Å². The fourth-order valence-electron chi connectivity index (χ4n) is 3.15. The van der Waals surface area contributed by atoms with Crippen molar-refractivity contribution in [3.05, 3.63) is 70.1 Å². The third-order valence-electron chi connectivity index (χ3n) is 4.88. The van der Waals surface area contributed by atoms with Gasteiger partial charge in [0.2, 0.25) is 0 Å². The second kappa shape index (κ2) is 9.49. The molecule has 166 valence electrons. The summed E-state index contributed by atoms with van der Waals surface area (Å²) in [6.07, 6.45) is 4.23. The summed E-state index contributed by atoms with van der Waals surface area (Å²) < 4.78 is 5.80. The summed E-state index contributed by atoms with van der Waals surface area (Å²) in [6, 6.07) is 8.33. The van der Waals surface area contributed by atoms with Gasteiger partial charge in [-0.1, -0.05) is 38.4 Å². The maximum Gasteiger partial charge on any atom is 0.167 e. The molecule has 0 spiro atoms. The lowest BCUT2D eigenvalue weighted by molar-refractivity contribution is 0.0936. The molecule has 1 aromatic heterocycles. The van der Waals surface area contributed by atoms with E-state index in [2.05, 4.69) is 9.97 Å². The molecule has 0 saturated carbocycles. The Morgan fingerprint density at radius 2 is 1.91 bits per heavy atom. The predicted octanol–water partition coefficient (Wildman–Crippen LogP) is 5.82. The highest BCUT2D eigenvalue weighted by atomic mass is 35.5. The van der Waals surface area contributed by atoms with Crippen LogP contribution in [0, 0.1) is 12.3 Å². The van der Waals surface area contributed by atoms with Crippen molar-refractivity contribution in [3.63, 3.8) is 0 Å². The second-order valence-electron chi connectivity index (χ2n) is 8.78. The van der Waals surface area contributed by atoms with E-state index in [0.29, 0.717) is 51.6 Å². The first-order chi connectivity index (χ1) is 15.1. The molecule has 3 rings (SSSR count). The number of aldehydes is 1. The number of nitrogens with zero attached hydrogens (tertiary/aromatic N) is 2. The number of aromatic nitrogens is 2. The molecule has 2 aromatic carbocycles. The first-order valence-electron chi connectivity index (χ1n) is 10.1. The molecule has 0 saturated heterocycles. The van der Waals surface area contributed by atoms with Crippen LogP contribution in [-0.2, 0) is 6.61 Å². The lowest BCUT2D eigenvalue weighted by Crippen LogP contribution is -2.13. The second-order valence-corrected chi connectivity index (χ2v) is 9.19. The van der Waals surface area contributed by atoms with Gasteiger partial charge in [0.1, 0.15) is 18.1 Å². The van der Waals surface area contributed by atoms with Crippen LogP contribution in [0.25, 0.3) is 11.3 Å². The van der Waals surface area contributed by atoms with Crippen LogP contribution in [0.5, 0.6) is 11.5 Å². The van der Waals surface area contributed by atoms with Crippen molar-refractivity contribution >= 4 is 23.7 Å². The molecule has 0 atom stereocenters. The van der Waals surface area contributed by atoms with Crippen molar-refractivity contribution in [3.8, 4) is 22.8 Å². The van der Waals surface area contributed by atoms with Crippen molar-refractivity contribution in [2.24, 2.45) is 5.41 Å². The zero-order valence-electron chi connectivity index (χ0n) is 18.5. The summed E-state index contributed by atoms with van der Waals surface area (Å²) in [7, 11) is 0. The first kappa shape index (κ1) is 23.4. The molecule has 0 amide bonds. The van der Waals surface area contributed by atoms with Gasteiger partial charge in [0.25, 0.3) is 0 Å². The highest BCUT2D eigenvalue weighted by Crippen LogP contribution is 2.33. The van der Waals surface area contributed by atoms with Crippen LogP contribution < -0.4 is 4.74 Å². The SMILES string of the molecule is Cc1c(OCc2cnc(-c3ccc(C=O)c(Cl)c3)cn2)ccc(C(=O)CC(C)(C)C)c1O. The summed E-state index contributed by atoms with van der Waals surface area (Å²) in [5.41, 5.74) is 3.00. The summed E-state index contributed by atoms with van der Waals surface area (Å²) in [6.45, 7) is 7.79. The number of phenols is 1. The molecule has 0 aliphatic heterocycles. The van der Waals surface area contributed by atoms with Crippen molar-refractivity contribution in [2.45, 2.75) is 40.7 Å². The average molecular weight is 453 g/mol. The lowest BCUT2D eigenvalue weighted by atomic mass is 9.87. The first-order valence-corrected chi connectivity index (χ1v) is 10.5. The monoisotopic (exact) mass is 452 g/mol. The van der Waals surface area contributed by atoms with Gasteiger partial charge in [-0.2, -0.15) is 0 Å². The van der Waals surface area contributed by atoms with E-state index in [1.54, 1.807) is 49.6 Å². The molecule has 0 radical (unpaired) electrons. The topological polar surface area (TPSA) is 89.4 Å². The molecular formula is C25H25ClN2O4. The third kappa shape index (κ3) is 5.51. The highest BCUT2D eigenvalue weighted by Gasteiger charge is 2.21. The molecule has 0 unspecified atom stereocenters. The molecule has 1 N–H and O–H groups in total. The number of hydrogen-bond donors (Lipinski definition) is 1. The molecule has 6 nitrogen and oxygen atoms in total. The molecule has 0 aliphatic carbocycles. The summed E-state index contributed by atoms with van der Waals surface area (Å²) in [5.74, 6) is 0.304. The molecule has 0 fully saturated rings. The van der Waals surface area contributed by atoms with E-state index in [1.165, 1.54) is 0 Å². The predicted molar refractivity (Wildman–Crippen MR) is 123 cm³/mol. The van der Waals surface area contributed by atoms with Gasteiger partial charge in [0.15, 0.2) is 12.1 Å². The molecule has 0 aliphatic rings. The van der Waals surface area contributed by atoms with Crippen molar-refractivity contribution in [2.75, 3.05) is 0 Å². The average Bonchev–Trinajstić information content (AvgIpc) is 2.74. The minimum atomic E-state index is -0.167. The number of hydrogen-bond acceptors (Lipinski definition) is 6. The van der Waals surface area contributed by atoms with Gasteiger partial charge >= 0.3 is 0 Å². The van der Waals surface area contributed by atoms with Crippen LogP contribution in [0.4, 0.5) is 0 Å². The maximum atomic E-state index is 12.5. The van der Waals surface area contributed by atoms with E-state index in [0.717, 1.165) is 5.56 Å². The van der Waals surface area contributed by atoms with Gasteiger partial charge in [0, 0.05) is 23.1 Å². The van der Waals surface area contributed by atoms with Gasteiger partial charge < -0.3 is 9.84 Å². The van der Waals surface area contributed by atoms with E-state index >= 15 is 0 Å². The van der Waals surface area contributed by atoms with Crippen molar-refractivity contribution < 1.29 is 19.4 Å². The van der Waals surface area contributed by atoms with E-state index in [4.69, 9.17) is 16.3 Å². The Labute approximate surface area is 192 Å². The quantitative estimate of drug-likeness (QED) is 0.358. The fourth-order valence-corrected chi connectivity index (χ4v) is 3.38. The smallest absolute Gasteiger partial charge is 0.167 e. The number of ketones is 1. The number of Topliss-reactive ketones (excluding diaryl/α,β-unsaturated/α-hetero) is 1. The van der Waals surface area contributed by atoms with Crippen molar-refractivity contribution in [1.29, 1.82) is 0 Å². The number of ether oxygens (including phenoxy) is 1. The van der Waals surface area contributed by atoms with Crippen LogP contribution in [0.2, 0.25) is 5.02 Å². The van der Waals surface area contributed by atoms with Crippen LogP contribution in [-0.4, -0.2) is 27.1 Å². The Morgan fingerprint density at radius 3 is 2.50 bits per heavy atom. The summed E-state index contributed by atoms with van der Waals surface area (Å²) >= 11 is 6.08. The molecule has 32 heavy (non-hydrogen) atoms. The number of rotatable bonds is 7. The Morgan fingerprint density at radius 1 is 1.16 bits per heavy atom. The highest BCUT2D eigenvalue weighted by molar-refractivity contribution is 6.33. The number of carbonyl (C=O) groups excluding carboxylic acids is 2. The van der Waals surface area contributed by atoms with Crippen LogP contribution >= 0.6 is 11.6 Å². The van der Waals surface area contributed by atoms with E-state index in [-0.39, 0.29) is 23.6 Å². The Balaban J connectivity index is 1.70. The molecular weight excluding hydrogens is 428 g/mol. The minimum Gasteiger partial charge on any atom is -0.507 e. The molecule has 1 heterocycles. The van der Waals surface area contributed by atoms with E-state index < -0.39 is 0 Å². The number of phenolic OH excluding ortho intramolecular Hbond substituents is 1. The Bertz CT molecular complexity index is 1150. The van der Waals surface area contributed by atoms with Crippen LogP contribution in [0.3, 0.4) is 0 Å². The Hall–Kier alpha value is -3.25. The number of aromatic hydroxyl groups is 1. The lowest BCUT2D eigenvalue weighted by Gasteiger charge is -2.18. The molecule has 3 aromatic rings. The summed E-state index contributed by atoms with van der Waals surface area (Å²) in [4.78, 5) is 32.1. The number of halogens is 1. The third-order valence-corrected chi connectivity index (χ3v) is 5.20. The normalized spacial score (nSPS) is 11.3. The van der Waals surface area contributed by atoms with Gasteiger partial charge in [-0.3, -0.25) is 19.6 Å². The zero-order valence-corrected chi connectivity index (χ0v) is 19.2. The van der Waals surface area contributed by atoms with Gasteiger partial charge in [-0.05, 0) is 36.6 Å². The standard InChI is InChI=1S/C25H25ClN2O4/c1-15-23(8-7-19(24(15)31)22(30)10-25(2,3)4)32-14-18-11-28-21(12-27-18)16-5-6-17(13-29)20(26)9-16/h5-9,11-13,31H,10,14H2,1-4H3. The molecule has 0 bridgehead atoms. The maximum absolute atomic E-state index is 12.5. The minimum absolute atomic E-state index is 0.0613. The van der Waals surface area contributed by atoms with Crippen LogP contribution in [0.1, 0.15) is 59.2 Å². The fraction of sp³-hybridized carbons (Fsp3) is 0.280.